The lowest BCUT2D eigenvalue weighted by Gasteiger charge is -2.10. The van der Waals surface area contributed by atoms with Crippen LogP contribution < -0.4 is 0 Å². The van der Waals surface area contributed by atoms with Gasteiger partial charge >= 0.3 is 0 Å². The molecule has 19 heavy (non-hydrogen) atoms. The topological polar surface area (TPSA) is 0 Å². The van der Waals surface area contributed by atoms with Gasteiger partial charge in [0, 0.05) is 0 Å². The molecule has 0 heterocycles. The molecule has 0 amide bonds. The lowest BCUT2D eigenvalue weighted by molar-refractivity contribution is 0.435. The number of allylic oxidation sites excluding steroid dienone is 2. The predicted octanol–water partition coefficient (Wildman–Crippen LogP) is 6.92. The van der Waals surface area contributed by atoms with Crippen molar-refractivity contribution in [2.45, 2.75) is 90.4 Å². The molecule has 0 spiro atoms. The molecule has 0 heteroatoms. The number of hydrogen-bond donors (Lipinski definition) is 0. The van der Waals surface area contributed by atoms with E-state index in [4.69, 9.17) is 0 Å². The maximum Gasteiger partial charge on any atom is -0.0351 e. The van der Waals surface area contributed by atoms with E-state index in [2.05, 4.69) is 32.9 Å². The summed E-state index contributed by atoms with van der Waals surface area (Å²) < 4.78 is 0. The molecule has 1 atom stereocenters. The summed E-state index contributed by atoms with van der Waals surface area (Å²) in [6, 6.07) is 0. The van der Waals surface area contributed by atoms with E-state index in [0.717, 1.165) is 18.8 Å². The van der Waals surface area contributed by atoms with E-state index in [9.17, 15) is 0 Å². The molecular weight excluding hydrogens is 228 g/mol. The van der Waals surface area contributed by atoms with Gasteiger partial charge in [-0.05, 0) is 32.1 Å². The maximum atomic E-state index is 3.90. The van der Waals surface area contributed by atoms with Crippen molar-refractivity contribution in [2.75, 3.05) is 0 Å². The first-order valence-electron chi connectivity index (χ1n) is 8.54. The molecule has 0 aliphatic carbocycles. The van der Waals surface area contributed by atoms with Gasteiger partial charge in [-0.3, -0.25) is 0 Å². The standard InChI is InChI=1S/C19H36/c1-4-6-8-10-11-12-13-14-16-18-19(3)17-15-9-7-5-2/h6,8,19H,1-2,4-5,7,9-18H2,3H3/b8-6+. The fraction of sp³-hybridized carbons (Fsp3) is 0.789. The molecule has 0 bridgehead atoms. The molecular formula is C19H36. The van der Waals surface area contributed by atoms with Crippen LogP contribution in [0.5, 0.6) is 0 Å². The molecule has 0 aliphatic heterocycles. The van der Waals surface area contributed by atoms with Crippen LogP contribution in [0.1, 0.15) is 90.4 Å². The van der Waals surface area contributed by atoms with E-state index in [-0.39, 0.29) is 0 Å². The summed E-state index contributed by atoms with van der Waals surface area (Å²) >= 11 is 0. The zero-order valence-electron chi connectivity index (χ0n) is 13.3. The Labute approximate surface area is 123 Å². The fourth-order valence-corrected chi connectivity index (χ4v) is 2.51. The van der Waals surface area contributed by atoms with Gasteiger partial charge < -0.3 is 0 Å². The van der Waals surface area contributed by atoms with Gasteiger partial charge in [0.2, 0.25) is 0 Å². The summed E-state index contributed by atoms with van der Waals surface area (Å²) in [5.41, 5.74) is 0. The molecule has 0 fully saturated rings. The van der Waals surface area contributed by atoms with Gasteiger partial charge in [0.15, 0.2) is 0 Å². The Morgan fingerprint density at radius 1 is 0.737 bits per heavy atom. The highest BCUT2D eigenvalue weighted by Gasteiger charge is 2.01. The molecule has 0 aromatic rings. The number of hydrogen-bond acceptors (Lipinski definition) is 0. The highest BCUT2D eigenvalue weighted by Crippen LogP contribution is 2.17. The SMILES string of the molecule is [CH2]C/C=C/CCCCCCCC(C)CCCCC[CH2]. The summed E-state index contributed by atoms with van der Waals surface area (Å²) in [5, 5.41) is 0. The van der Waals surface area contributed by atoms with Crippen LogP contribution in [0.15, 0.2) is 12.2 Å². The first kappa shape index (κ1) is 18.7. The van der Waals surface area contributed by atoms with Gasteiger partial charge in [-0.25, -0.2) is 0 Å². The van der Waals surface area contributed by atoms with E-state index in [0.29, 0.717) is 0 Å². The molecule has 2 radical (unpaired) electrons. The maximum absolute atomic E-state index is 3.90. The van der Waals surface area contributed by atoms with Crippen molar-refractivity contribution >= 4 is 0 Å². The van der Waals surface area contributed by atoms with Crippen LogP contribution in [0.3, 0.4) is 0 Å². The van der Waals surface area contributed by atoms with Gasteiger partial charge in [-0.15, -0.1) is 0 Å². The molecule has 0 nitrogen and oxygen atoms in total. The summed E-state index contributed by atoms with van der Waals surface area (Å²) in [5.74, 6) is 0.935. The molecule has 0 saturated carbocycles. The van der Waals surface area contributed by atoms with E-state index in [1.54, 1.807) is 0 Å². The molecule has 0 saturated heterocycles. The average molecular weight is 264 g/mol. The second-order valence-electron chi connectivity index (χ2n) is 5.91. The molecule has 112 valence electrons. The third-order valence-electron chi connectivity index (χ3n) is 3.85. The smallest absolute Gasteiger partial charge is 0.0351 e. The summed E-state index contributed by atoms with van der Waals surface area (Å²) in [4.78, 5) is 0. The van der Waals surface area contributed by atoms with Gasteiger partial charge in [0.05, 0.1) is 0 Å². The van der Waals surface area contributed by atoms with Crippen molar-refractivity contribution in [1.29, 1.82) is 0 Å². The minimum Gasteiger partial charge on any atom is -0.0885 e. The van der Waals surface area contributed by atoms with E-state index >= 15 is 0 Å². The van der Waals surface area contributed by atoms with Crippen LogP contribution in [0, 0.1) is 19.8 Å². The van der Waals surface area contributed by atoms with Crippen LogP contribution >= 0.6 is 0 Å². The van der Waals surface area contributed by atoms with Crippen molar-refractivity contribution < 1.29 is 0 Å². The van der Waals surface area contributed by atoms with Crippen molar-refractivity contribution in [1.82, 2.24) is 0 Å². The van der Waals surface area contributed by atoms with Gasteiger partial charge in [0.1, 0.15) is 0 Å². The second-order valence-corrected chi connectivity index (χ2v) is 5.91. The van der Waals surface area contributed by atoms with Crippen molar-refractivity contribution in [2.24, 2.45) is 5.92 Å². The van der Waals surface area contributed by atoms with Gasteiger partial charge in [-0.2, -0.15) is 0 Å². The third-order valence-corrected chi connectivity index (χ3v) is 3.85. The van der Waals surface area contributed by atoms with Crippen LogP contribution in [-0.2, 0) is 0 Å². The Hall–Kier alpha value is -0.260. The zero-order chi connectivity index (χ0) is 14.2. The van der Waals surface area contributed by atoms with Crippen molar-refractivity contribution in [3.63, 3.8) is 0 Å². The largest absolute Gasteiger partial charge is 0.0885 e. The highest BCUT2D eigenvalue weighted by molar-refractivity contribution is 4.81. The van der Waals surface area contributed by atoms with Crippen molar-refractivity contribution in [3.05, 3.63) is 26.0 Å². The minimum absolute atomic E-state index is 0.935. The molecule has 0 aromatic carbocycles. The summed E-state index contributed by atoms with van der Waals surface area (Å²) in [7, 11) is 0. The minimum atomic E-state index is 0.935. The van der Waals surface area contributed by atoms with E-state index < -0.39 is 0 Å². The third kappa shape index (κ3) is 15.7. The quantitative estimate of drug-likeness (QED) is 0.236. The first-order chi connectivity index (χ1) is 9.31. The van der Waals surface area contributed by atoms with Crippen LogP contribution in [0.25, 0.3) is 0 Å². The second kappa shape index (κ2) is 15.8. The molecule has 0 rings (SSSR count). The normalized spacial score (nSPS) is 13.2. The number of unbranched alkanes of at least 4 members (excludes halogenated alkanes) is 8. The molecule has 1 unspecified atom stereocenters. The summed E-state index contributed by atoms with van der Waals surface area (Å²) in [6.07, 6.45) is 21.8. The van der Waals surface area contributed by atoms with Gasteiger partial charge in [0.25, 0.3) is 0 Å². The lowest BCUT2D eigenvalue weighted by Crippen LogP contribution is -1.95. The lowest BCUT2D eigenvalue weighted by atomic mass is 9.96. The van der Waals surface area contributed by atoms with Crippen LogP contribution in [-0.4, -0.2) is 0 Å². The zero-order valence-corrected chi connectivity index (χ0v) is 13.3. The summed E-state index contributed by atoms with van der Waals surface area (Å²) in [6.45, 7) is 10.1. The highest BCUT2D eigenvalue weighted by atomic mass is 14.1. The Kier molecular flexibility index (Phi) is 15.6. The first-order valence-corrected chi connectivity index (χ1v) is 8.54. The van der Waals surface area contributed by atoms with Gasteiger partial charge in [-0.1, -0.05) is 90.2 Å². The Bertz CT molecular complexity index is 180. The average Bonchev–Trinajstić information content (AvgIpc) is 2.42. The molecule has 0 aromatic heterocycles. The Morgan fingerprint density at radius 3 is 1.95 bits per heavy atom. The Morgan fingerprint density at radius 2 is 1.32 bits per heavy atom. The Balaban J connectivity index is 3.14. The fourth-order valence-electron chi connectivity index (χ4n) is 2.51. The predicted molar refractivity (Wildman–Crippen MR) is 89.0 cm³/mol. The monoisotopic (exact) mass is 264 g/mol. The van der Waals surface area contributed by atoms with Crippen LogP contribution in [0.4, 0.5) is 0 Å². The van der Waals surface area contributed by atoms with E-state index in [1.165, 1.54) is 70.6 Å². The molecule has 0 aliphatic rings. The van der Waals surface area contributed by atoms with Crippen LogP contribution in [0.2, 0.25) is 0 Å². The van der Waals surface area contributed by atoms with Crippen molar-refractivity contribution in [3.8, 4) is 0 Å². The number of rotatable bonds is 14. The molecule has 0 N–H and O–H groups in total. The van der Waals surface area contributed by atoms with E-state index in [1.807, 2.05) is 0 Å².